The predicted molar refractivity (Wildman–Crippen MR) is 43.5 cm³/mol. The van der Waals surface area contributed by atoms with E-state index in [2.05, 4.69) is 5.32 Å². The number of hydrogen-bond acceptors (Lipinski definition) is 3. The van der Waals surface area contributed by atoms with Crippen LogP contribution in [-0.4, -0.2) is 29.6 Å². The van der Waals surface area contributed by atoms with E-state index in [0.717, 1.165) is 0 Å². The van der Waals surface area contributed by atoms with Crippen LogP contribution in [0.15, 0.2) is 0 Å². The minimum atomic E-state index is -0.894. The second-order valence-electron chi connectivity index (χ2n) is 2.58. The quantitative estimate of drug-likeness (QED) is 0.465. The largest absolute Gasteiger partial charge is 0.480 e. The molecule has 0 heterocycles. The molecule has 1 atom stereocenters. The minimum Gasteiger partial charge on any atom is -0.480 e. The van der Waals surface area contributed by atoms with Crippen molar-refractivity contribution in [3.63, 3.8) is 0 Å². The van der Waals surface area contributed by atoms with Crippen LogP contribution in [0.5, 0.6) is 0 Å². The molecule has 4 N–H and O–H groups in total. The Bertz CT molecular complexity index is 170. The van der Waals surface area contributed by atoms with Crippen molar-refractivity contribution < 1.29 is 14.7 Å². The number of carbonyl (C=O) groups is 2. The van der Waals surface area contributed by atoms with Crippen molar-refractivity contribution in [2.75, 3.05) is 6.54 Å². The summed E-state index contributed by atoms with van der Waals surface area (Å²) in [5.41, 5.74) is 4.89. The summed E-state index contributed by atoms with van der Waals surface area (Å²) in [6, 6.07) is -0.571. The highest BCUT2D eigenvalue weighted by molar-refractivity contribution is 5.74. The van der Waals surface area contributed by atoms with Gasteiger partial charge in [0.25, 0.3) is 0 Å². The number of carbonyl (C=O) groups excluding carboxylic acids is 1. The van der Waals surface area contributed by atoms with E-state index >= 15 is 0 Å². The lowest BCUT2D eigenvalue weighted by Crippen LogP contribution is -2.34. The fraction of sp³-hybridized carbons (Fsp3) is 0.714. The first kappa shape index (κ1) is 10.9. The van der Waals surface area contributed by atoms with E-state index in [1.807, 2.05) is 0 Å². The summed E-state index contributed by atoms with van der Waals surface area (Å²) in [6.07, 6.45) is 0.867. The Kier molecular flexibility index (Phi) is 5.03. The molecule has 1 amide bonds. The van der Waals surface area contributed by atoms with Crippen LogP contribution in [0.4, 0.5) is 0 Å². The maximum Gasteiger partial charge on any atom is 0.320 e. The van der Waals surface area contributed by atoms with E-state index in [0.29, 0.717) is 19.4 Å². The Morgan fingerprint density at radius 2 is 2.17 bits per heavy atom. The van der Waals surface area contributed by atoms with Crippen LogP contribution in [0.2, 0.25) is 0 Å². The molecule has 0 aliphatic heterocycles. The third-order valence-corrected chi connectivity index (χ3v) is 1.42. The summed E-state index contributed by atoms with van der Waals surface area (Å²) >= 11 is 0. The Balaban J connectivity index is 3.31. The van der Waals surface area contributed by atoms with Gasteiger partial charge >= 0.3 is 5.97 Å². The summed E-state index contributed by atoms with van der Waals surface area (Å²) in [6.45, 7) is 2.04. The molecule has 5 nitrogen and oxygen atoms in total. The highest BCUT2D eigenvalue weighted by atomic mass is 16.4. The first-order valence-electron chi connectivity index (χ1n) is 3.78. The molecule has 0 radical (unpaired) electrons. The highest BCUT2D eigenvalue weighted by Gasteiger charge is 2.08. The zero-order valence-electron chi connectivity index (χ0n) is 7.04. The van der Waals surface area contributed by atoms with Gasteiger partial charge in [-0.15, -0.1) is 0 Å². The van der Waals surface area contributed by atoms with Gasteiger partial charge < -0.3 is 16.2 Å². The molecule has 0 spiro atoms. The fourth-order valence-electron chi connectivity index (χ4n) is 0.668. The Labute approximate surface area is 70.9 Å². The number of primary amides is 1. The molecule has 12 heavy (non-hydrogen) atoms. The van der Waals surface area contributed by atoms with Crippen LogP contribution in [-0.2, 0) is 9.59 Å². The van der Waals surface area contributed by atoms with Gasteiger partial charge in [-0.05, 0) is 19.9 Å². The van der Waals surface area contributed by atoms with Crippen LogP contribution in [0, 0.1) is 0 Å². The van der Waals surface area contributed by atoms with Gasteiger partial charge in [-0.1, -0.05) is 0 Å². The standard InChI is InChI=1S/C7H14N2O3/c1-5(7(11)12)9-4-2-3-6(8)10/h5,9H,2-4H2,1H3,(H2,8,10)(H,11,12). The van der Waals surface area contributed by atoms with E-state index in [4.69, 9.17) is 10.8 Å². The van der Waals surface area contributed by atoms with Crippen molar-refractivity contribution in [1.82, 2.24) is 5.32 Å². The number of amides is 1. The topological polar surface area (TPSA) is 92.4 Å². The molecule has 0 aliphatic rings. The fourth-order valence-corrected chi connectivity index (χ4v) is 0.668. The molecule has 0 rings (SSSR count). The molecule has 0 saturated carbocycles. The van der Waals surface area contributed by atoms with Crippen LogP contribution >= 0.6 is 0 Å². The summed E-state index contributed by atoms with van der Waals surface area (Å²) < 4.78 is 0. The number of rotatable bonds is 6. The number of hydrogen-bond donors (Lipinski definition) is 3. The molecule has 0 aromatic heterocycles. The first-order chi connectivity index (χ1) is 5.54. The van der Waals surface area contributed by atoms with Crippen molar-refractivity contribution >= 4 is 11.9 Å². The Morgan fingerprint density at radius 3 is 2.58 bits per heavy atom. The maximum atomic E-state index is 10.3. The van der Waals surface area contributed by atoms with Crippen LogP contribution in [0.1, 0.15) is 19.8 Å². The Morgan fingerprint density at radius 1 is 1.58 bits per heavy atom. The van der Waals surface area contributed by atoms with Crippen molar-refractivity contribution in [1.29, 1.82) is 0 Å². The van der Waals surface area contributed by atoms with Gasteiger partial charge in [-0.3, -0.25) is 9.59 Å². The number of nitrogens with one attached hydrogen (secondary N) is 1. The Hall–Kier alpha value is -1.10. The molecule has 0 fully saturated rings. The van der Waals surface area contributed by atoms with Crippen LogP contribution in [0.3, 0.4) is 0 Å². The van der Waals surface area contributed by atoms with E-state index < -0.39 is 12.0 Å². The molecule has 0 aromatic carbocycles. The van der Waals surface area contributed by atoms with Gasteiger partial charge in [0.05, 0.1) is 0 Å². The lowest BCUT2D eigenvalue weighted by molar-refractivity contribution is -0.138. The smallest absolute Gasteiger partial charge is 0.320 e. The normalized spacial score (nSPS) is 12.4. The number of carboxylic acid groups (broad SMARTS) is 1. The minimum absolute atomic E-state index is 0.291. The maximum absolute atomic E-state index is 10.3. The molecule has 0 saturated heterocycles. The van der Waals surface area contributed by atoms with Crippen molar-refractivity contribution in [3.05, 3.63) is 0 Å². The number of nitrogens with two attached hydrogens (primary N) is 1. The molecule has 70 valence electrons. The molecule has 1 unspecified atom stereocenters. The number of carboxylic acids is 1. The van der Waals surface area contributed by atoms with Crippen LogP contribution in [0.25, 0.3) is 0 Å². The van der Waals surface area contributed by atoms with Crippen LogP contribution < -0.4 is 11.1 Å². The zero-order chi connectivity index (χ0) is 9.56. The monoisotopic (exact) mass is 174 g/mol. The van der Waals surface area contributed by atoms with Gasteiger partial charge in [0.2, 0.25) is 5.91 Å². The lowest BCUT2D eigenvalue weighted by atomic mass is 10.2. The molecular formula is C7H14N2O3. The molecule has 0 bridgehead atoms. The molecular weight excluding hydrogens is 160 g/mol. The number of aliphatic carboxylic acids is 1. The van der Waals surface area contributed by atoms with Gasteiger partial charge in [0.1, 0.15) is 6.04 Å². The van der Waals surface area contributed by atoms with Crippen molar-refractivity contribution in [2.45, 2.75) is 25.8 Å². The molecule has 5 heteroatoms. The lowest BCUT2D eigenvalue weighted by Gasteiger charge is -2.07. The summed E-state index contributed by atoms with van der Waals surface area (Å²) in [7, 11) is 0. The van der Waals surface area contributed by atoms with E-state index in [-0.39, 0.29) is 5.91 Å². The van der Waals surface area contributed by atoms with E-state index in [1.165, 1.54) is 0 Å². The van der Waals surface area contributed by atoms with Crippen molar-refractivity contribution in [3.8, 4) is 0 Å². The SMILES string of the molecule is CC(NCCCC(N)=O)C(=O)O. The summed E-state index contributed by atoms with van der Waals surface area (Å²) in [5.74, 6) is -1.26. The van der Waals surface area contributed by atoms with Gasteiger partial charge in [-0.25, -0.2) is 0 Å². The van der Waals surface area contributed by atoms with Gasteiger partial charge in [0.15, 0.2) is 0 Å². The third-order valence-electron chi connectivity index (χ3n) is 1.42. The van der Waals surface area contributed by atoms with Crippen molar-refractivity contribution in [2.24, 2.45) is 5.73 Å². The second kappa shape index (κ2) is 5.54. The van der Waals surface area contributed by atoms with E-state index in [9.17, 15) is 9.59 Å². The van der Waals surface area contributed by atoms with Gasteiger partial charge in [-0.2, -0.15) is 0 Å². The zero-order valence-corrected chi connectivity index (χ0v) is 7.04. The highest BCUT2D eigenvalue weighted by Crippen LogP contribution is 1.87. The van der Waals surface area contributed by atoms with E-state index in [1.54, 1.807) is 6.92 Å². The summed E-state index contributed by atoms with van der Waals surface area (Å²) in [5, 5.41) is 11.2. The average Bonchev–Trinajstić information content (AvgIpc) is 1.97. The summed E-state index contributed by atoms with van der Waals surface area (Å²) in [4.78, 5) is 20.5. The molecule has 0 aliphatic carbocycles. The second-order valence-corrected chi connectivity index (χ2v) is 2.58. The first-order valence-corrected chi connectivity index (χ1v) is 3.78. The molecule has 0 aromatic rings. The third kappa shape index (κ3) is 5.67. The average molecular weight is 174 g/mol. The van der Waals surface area contributed by atoms with Gasteiger partial charge in [0, 0.05) is 6.42 Å². The predicted octanol–water partition coefficient (Wildman–Crippen LogP) is -0.685.